The van der Waals surface area contributed by atoms with E-state index in [0.717, 1.165) is 31.4 Å². The minimum Gasteiger partial charge on any atom is -0.393 e. The molecule has 1 amide bonds. The molecule has 0 bridgehead atoms. The van der Waals surface area contributed by atoms with Gasteiger partial charge in [0.2, 0.25) is 13.3 Å². The summed E-state index contributed by atoms with van der Waals surface area (Å²) in [6.45, 7) is 3.65. The molecule has 1 unspecified atom stereocenters. The van der Waals surface area contributed by atoms with Gasteiger partial charge in [0, 0.05) is 30.9 Å². The van der Waals surface area contributed by atoms with Gasteiger partial charge in [-0.2, -0.15) is 0 Å². The lowest BCUT2D eigenvalue weighted by Crippen LogP contribution is -2.51. The summed E-state index contributed by atoms with van der Waals surface area (Å²) in [5.74, 6) is -0.557. The zero-order chi connectivity index (χ0) is 23.7. The molecule has 32 heavy (non-hydrogen) atoms. The van der Waals surface area contributed by atoms with E-state index in [1.807, 2.05) is 13.8 Å². The molecule has 1 aliphatic carbocycles. The van der Waals surface area contributed by atoms with Gasteiger partial charge in [-0.25, -0.2) is 4.98 Å². The van der Waals surface area contributed by atoms with E-state index in [-0.39, 0.29) is 49.2 Å². The molecule has 1 saturated carbocycles. The summed E-state index contributed by atoms with van der Waals surface area (Å²) in [5, 5.41) is 13.0. The van der Waals surface area contributed by atoms with Crippen LogP contribution in [0, 0.1) is 11.8 Å². The Bertz CT molecular complexity index is 764. The minimum atomic E-state index is -3.44. The number of imidazole rings is 1. The van der Waals surface area contributed by atoms with Crippen LogP contribution in [-0.4, -0.2) is 62.2 Å². The average molecular weight is 471 g/mol. The molecular weight excluding hydrogens is 431 g/mol. The first kappa shape index (κ1) is 26.7. The van der Waals surface area contributed by atoms with Gasteiger partial charge in [0.1, 0.15) is 0 Å². The van der Waals surface area contributed by atoms with E-state index >= 15 is 0 Å². The molecule has 1 heterocycles. The van der Waals surface area contributed by atoms with E-state index in [1.165, 1.54) is 12.7 Å². The number of carbonyl (C=O) groups is 2. The third-order valence-corrected chi connectivity index (χ3v) is 8.21. The number of aliphatic hydroxyl groups excluding tert-OH is 1. The summed E-state index contributed by atoms with van der Waals surface area (Å²) in [6.07, 6.45) is 7.82. The number of H-pyrrole nitrogens is 1. The second kappa shape index (κ2) is 12.6. The van der Waals surface area contributed by atoms with E-state index in [0.29, 0.717) is 0 Å². The molecule has 0 spiro atoms. The summed E-state index contributed by atoms with van der Waals surface area (Å²) in [4.78, 5) is 42.3. The molecule has 4 atom stereocenters. The fraction of sp³-hybridized carbons (Fsp3) is 0.773. The van der Waals surface area contributed by atoms with Crippen molar-refractivity contribution in [2.24, 2.45) is 17.6 Å². The van der Waals surface area contributed by atoms with Crippen molar-refractivity contribution in [2.45, 2.75) is 83.4 Å². The Kier molecular flexibility index (Phi) is 10.5. The van der Waals surface area contributed by atoms with E-state index in [2.05, 4.69) is 15.3 Å². The number of aliphatic hydroxyl groups is 1. The van der Waals surface area contributed by atoms with Gasteiger partial charge in [-0.05, 0) is 31.1 Å². The van der Waals surface area contributed by atoms with E-state index < -0.39 is 31.5 Å². The Morgan fingerprint density at radius 1 is 1.31 bits per heavy atom. The molecular formula is C22H39N4O5P. The monoisotopic (exact) mass is 470 g/mol. The highest BCUT2D eigenvalue weighted by Crippen LogP contribution is 2.46. The number of ketones is 1. The first-order valence-electron chi connectivity index (χ1n) is 11.6. The second-order valence-electron chi connectivity index (χ2n) is 9.49. The maximum atomic E-state index is 12.7. The van der Waals surface area contributed by atoms with E-state index in [9.17, 15) is 24.2 Å². The summed E-state index contributed by atoms with van der Waals surface area (Å²) in [6, 6.07) is -1.55. The maximum Gasteiger partial charge on any atom is 0.237 e. The lowest BCUT2D eigenvalue weighted by Gasteiger charge is -2.25. The van der Waals surface area contributed by atoms with Gasteiger partial charge >= 0.3 is 0 Å². The number of rotatable bonds is 13. The predicted octanol–water partition coefficient (Wildman–Crippen LogP) is 1.98. The zero-order valence-electron chi connectivity index (χ0n) is 19.2. The number of amides is 1. The molecule has 9 nitrogen and oxygen atoms in total. The molecule has 2 rings (SSSR count). The number of carbonyl (C=O) groups excluding carboxylic acids is 2. The third kappa shape index (κ3) is 9.14. The van der Waals surface area contributed by atoms with Crippen LogP contribution in [0.4, 0.5) is 0 Å². The van der Waals surface area contributed by atoms with Crippen LogP contribution in [-0.2, 0) is 20.6 Å². The smallest absolute Gasteiger partial charge is 0.237 e. The van der Waals surface area contributed by atoms with Gasteiger partial charge in [-0.15, -0.1) is 0 Å². The third-order valence-electron chi connectivity index (χ3n) is 6.13. The molecule has 182 valence electrons. The molecule has 1 aliphatic rings. The molecule has 10 heteroatoms. The van der Waals surface area contributed by atoms with Crippen LogP contribution in [0.25, 0.3) is 0 Å². The largest absolute Gasteiger partial charge is 0.393 e. The van der Waals surface area contributed by atoms with Crippen molar-refractivity contribution < 1.29 is 24.2 Å². The first-order valence-corrected chi connectivity index (χ1v) is 13.6. The van der Waals surface area contributed by atoms with Crippen LogP contribution in [0.1, 0.15) is 64.5 Å². The summed E-state index contributed by atoms with van der Waals surface area (Å²) in [5.41, 5.74) is 6.68. The van der Waals surface area contributed by atoms with E-state index in [1.54, 1.807) is 6.20 Å². The number of aromatic amines is 1. The van der Waals surface area contributed by atoms with Crippen molar-refractivity contribution in [1.82, 2.24) is 15.3 Å². The SMILES string of the molecule is CC(C)[C@H](NC(=O)[C@@H](N)Cc1cnc[nH]1)C(=O)CC[C@@H](O)CP(=O)(O)CC1CCCCC1. The van der Waals surface area contributed by atoms with Crippen molar-refractivity contribution in [3.63, 3.8) is 0 Å². The summed E-state index contributed by atoms with van der Waals surface area (Å²) < 4.78 is 12.6. The number of nitrogens with one attached hydrogen (secondary N) is 2. The number of hydrogen-bond donors (Lipinski definition) is 5. The number of aromatic nitrogens is 2. The van der Waals surface area contributed by atoms with Crippen molar-refractivity contribution in [3.8, 4) is 0 Å². The molecule has 1 aromatic heterocycles. The highest BCUT2D eigenvalue weighted by Gasteiger charge is 2.30. The van der Waals surface area contributed by atoms with Crippen molar-refractivity contribution >= 4 is 19.1 Å². The number of hydrogen-bond acceptors (Lipinski definition) is 6. The fourth-order valence-corrected chi connectivity index (χ4v) is 6.50. The van der Waals surface area contributed by atoms with Gasteiger partial charge in [0.15, 0.2) is 5.78 Å². The minimum absolute atomic E-state index is 0.0174. The van der Waals surface area contributed by atoms with Crippen LogP contribution in [0.2, 0.25) is 0 Å². The molecule has 6 N–H and O–H groups in total. The van der Waals surface area contributed by atoms with Gasteiger partial charge in [0.05, 0.1) is 30.7 Å². The highest BCUT2D eigenvalue weighted by atomic mass is 31.2. The van der Waals surface area contributed by atoms with Gasteiger partial charge in [-0.1, -0.05) is 33.1 Å². The van der Waals surface area contributed by atoms with Crippen LogP contribution in [0.5, 0.6) is 0 Å². The van der Waals surface area contributed by atoms with Crippen LogP contribution in [0.3, 0.4) is 0 Å². The van der Waals surface area contributed by atoms with Gasteiger partial charge in [-0.3, -0.25) is 14.2 Å². The Hall–Kier alpha value is -1.54. The summed E-state index contributed by atoms with van der Waals surface area (Å²) >= 11 is 0. The topological polar surface area (TPSA) is 158 Å². The Labute approximate surface area is 190 Å². The number of nitrogens with zero attached hydrogens (tertiary/aromatic N) is 1. The molecule has 0 radical (unpaired) electrons. The average Bonchev–Trinajstić information content (AvgIpc) is 3.22. The van der Waals surface area contributed by atoms with Crippen LogP contribution >= 0.6 is 7.37 Å². The van der Waals surface area contributed by atoms with Crippen molar-refractivity contribution in [3.05, 3.63) is 18.2 Å². The maximum absolute atomic E-state index is 12.7. The molecule has 0 aliphatic heterocycles. The Morgan fingerprint density at radius 2 is 2.00 bits per heavy atom. The normalized spacial score (nSPS) is 19.8. The Morgan fingerprint density at radius 3 is 2.59 bits per heavy atom. The summed E-state index contributed by atoms with van der Waals surface area (Å²) in [7, 11) is -3.44. The van der Waals surface area contributed by atoms with Gasteiger partial charge < -0.3 is 26.0 Å². The Balaban J connectivity index is 1.80. The zero-order valence-corrected chi connectivity index (χ0v) is 20.1. The second-order valence-corrected chi connectivity index (χ2v) is 11.9. The number of Topliss-reactive ketones (excluding diaryl/α,β-unsaturated/α-hetero) is 1. The fourth-order valence-electron chi connectivity index (χ4n) is 4.34. The highest BCUT2D eigenvalue weighted by molar-refractivity contribution is 7.58. The molecule has 1 fully saturated rings. The lowest BCUT2D eigenvalue weighted by atomic mass is 9.91. The molecule has 1 aromatic rings. The van der Waals surface area contributed by atoms with Crippen molar-refractivity contribution in [2.75, 3.05) is 12.3 Å². The standard InChI is InChI=1S/C22H39N4O5P/c1-15(2)21(26-22(29)19(23)10-17-11-24-14-25-17)20(28)9-8-18(27)13-32(30,31)12-16-6-4-3-5-7-16/h11,14-16,18-19,21,27H,3-10,12-13,23H2,1-2H3,(H,24,25)(H,26,29)(H,30,31)/t18-,19+,21+/m1/s1. The van der Waals surface area contributed by atoms with E-state index in [4.69, 9.17) is 5.73 Å². The van der Waals surface area contributed by atoms with Gasteiger partial charge in [0.25, 0.3) is 0 Å². The predicted molar refractivity (Wildman–Crippen MR) is 123 cm³/mol. The lowest BCUT2D eigenvalue weighted by molar-refractivity contribution is -0.129. The molecule has 0 saturated heterocycles. The number of nitrogens with two attached hydrogens (primary N) is 1. The quantitative estimate of drug-likeness (QED) is 0.276. The van der Waals surface area contributed by atoms with Crippen molar-refractivity contribution in [1.29, 1.82) is 0 Å². The first-order chi connectivity index (χ1) is 15.1. The molecule has 0 aromatic carbocycles. The van der Waals surface area contributed by atoms with Crippen LogP contribution < -0.4 is 11.1 Å². The van der Waals surface area contributed by atoms with Crippen LogP contribution in [0.15, 0.2) is 12.5 Å².